The van der Waals surface area contributed by atoms with E-state index in [2.05, 4.69) is 96.0 Å². The number of hydrogen-bond donors (Lipinski definition) is 0. The molecule has 0 bridgehead atoms. The van der Waals surface area contributed by atoms with Gasteiger partial charge in [-0.25, -0.2) is 0 Å². The van der Waals surface area contributed by atoms with E-state index in [0.29, 0.717) is 11.8 Å². The molecule has 0 aliphatic rings. The average Bonchev–Trinajstić information content (AvgIpc) is 2.87. The first-order valence-electron chi connectivity index (χ1n) is 13.1. The molecular weight excluding hydrogens is 552 g/mol. The van der Waals surface area contributed by atoms with E-state index in [1.807, 2.05) is 0 Å². The molecular formula is C30H40Br2O2. The SMILES string of the molecule is CCCCC(CC)COc1ccc2c(Br)c3cc(OCC(CC)CCCC)ccc3c(Br)c2c1. The van der Waals surface area contributed by atoms with Crippen LogP contribution in [-0.2, 0) is 0 Å². The fourth-order valence-corrected chi connectivity index (χ4v) is 5.83. The minimum absolute atomic E-state index is 0.620. The first kappa shape index (κ1) is 27.3. The summed E-state index contributed by atoms with van der Waals surface area (Å²) >= 11 is 7.78. The summed E-state index contributed by atoms with van der Waals surface area (Å²) in [5.74, 6) is 3.12. The van der Waals surface area contributed by atoms with Crippen molar-refractivity contribution in [2.24, 2.45) is 11.8 Å². The van der Waals surface area contributed by atoms with Crippen LogP contribution in [0.3, 0.4) is 0 Å². The zero-order valence-electron chi connectivity index (χ0n) is 21.3. The summed E-state index contributed by atoms with van der Waals surface area (Å²) in [7, 11) is 0. The molecule has 3 aromatic rings. The number of ether oxygens (including phenoxy) is 2. The van der Waals surface area contributed by atoms with E-state index in [-0.39, 0.29) is 0 Å². The molecule has 2 unspecified atom stereocenters. The molecule has 3 rings (SSSR count). The Kier molecular flexibility index (Phi) is 11.0. The zero-order valence-corrected chi connectivity index (χ0v) is 24.4. The van der Waals surface area contributed by atoms with Gasteiger partial charge in [-0.3, -0.25) is 0 Å². The van der Waals surface area contributed by atoms with E-state index < -0.39 is 0 Å². The van der Waals surface area contributed by atoms with Gasteiger partial charge in [-0.1, -0.05) is 66.2 Å². The maximum absolute atomic E-state index is 6.23. The highest BCUT2D eigenvalue weighted by molar-refractivity contribution is 9.11. The summed E-state index contributed by atoms with van der Waals surface area (Å²) in [5, 5.41) is 4.68. The molecule has 3 aromatic carbocycles. The lowest BCUT2D eigenvalue weighted by Crippen LogP contribution is -2.11. The summed E-state index contributed by atoms with van der Waals surface area (Å²) in [4.78, 5) is 0. The van der Waals surface area contributed by atoms with Gasteiger partial charge in [0.15, 0.2) is 0 Å². The minimum Gasteiger partial charge on any atom is -0.493 e. The number of unbranched alkanes of at least 4 members (excludes halogenated alkanes) is 2. The summed E-state index contributed by atoms with van der Waals surface area (Å²) in [6.45, 7) is 10.6. The molecule has 0 radical (unpaired) electrons. The molecule has 0 aliphatic carbocycles. The van der Waals surface area contributed by atoms with Gasteiger partial charge in [0.05, 0.1) is 13.2 Å². The Morgan fingerprint density at radius 3 is 1.38 bits per heavy atom. The molecule has 0 amide bonds. The molecule has 2 nitrogen and oxygen atoms in total. The lowest BCUT2D eigenvalue weighted by atomic mass is 10.0. The second kappa shape index (κ2) is 13.7. The highest BCUT2D eigenvalue weighted by Crippen LogP contribution is 2.42. The first-order chi connectivity index (χ1) is 16.5. The van der Waals surface area contributed by atoms with Crippen molar-refractivity contribution in [3.63, 3.8) is 0 Å². The van der Waals surface area contributed by atoms with Gasteiger partial charge in [-0.2, -0.15) is 0 Å². The maximum Gasteiger partial charge on any atom is 0.119 e. The molecule has 34 heavy (non-hydrogen) atoms. The molecule has 0 saturated carbocycles. The number of rotatable bonds is 14. The molecule has 0 aliphatic heterocycles. The van der Waals surface area contributed by atoms with Gasteiger partial charge in [0.25, 0.3) is 0 Å². The predicted molar refractivity (Wildman–Crippen MR) is 154 cm³/mol. The number of halogens is 2. The van der Waals surface area contributed by atoms with Crippen LogP contribution >= 0.6 is 31.9 Å². The summed E-state index contributed by atoms with van der Waals surface area (Å²) in [6.07, 6.45) is 9.83. The van der Waals surface area contributed by atoms with Gasteiger partial charge in [-0.15, -0.1) is 0 Å². The number of fused-ring (bicyclic) bond motifs is 2. The van der Waals surface area contributed by atoms with Crippen LogP contribution in [0.2, 0.25) is 0 Å². The van der Waals surface area contributed by atoms with Gasteiger partial charge >= 0.3 is 0 Å². The Hall–Kier alpha value is -1.26. The van der Waals surface area contributed by atoms with Gasteiger partial charge in [0.2, 0.25) is 0 Å². The monoisotopic (exact) mass is 590 g/mol. The van der Waals surface area contributed by atoms with Crippen molar-refractivity contribution >= 4 is 53.4 Å². The van der Waals surface area contributed by atoms with Crippen LogP contribution in [0.15, 0.2) is 45.3 Å². The van der Waals surface area contributed by atoms with Crippen molar-refractivity contribution < 1.29 is 9.47 Å². The van der Waals surface area contributed by atoms with E-state index in [9.17, 15) is 0 Å². The Morgan fingerprint density at radius 2 is 1.03 bits per heavy atom. The summed E-state index contributed by atoms with van der Waals surface area (Å²) in [6, 6.07) is 12.9. The number of hydrogen-bond acceptors (Lipinski definition) is 2. The normalized spacial score (nSPS) is 13.4. The Labute approximate surface area is 223 Å². The van der Waals surface area contributed by atoms with Gasteiger partial charge in [0, 0.05) is 19.7 Å². The molecule has 186 valence electrons. The molecule has 0 aromatic heterocycles. The summed E-state index contributed by atoms with van der Waals surface area (Å²) in [5.41, 5.74) is 0. The third-order valence-corrected chi connectivity index (χ3v) is 8.69. The third kappa shape index (κ3) is 6.91. The van der Waals surface area contributed by atoms with E-state index in [4.69, 9.17) is 9.47 Å². The Bertz CT molecular complexity index is 977. The fraction of sp³-hybridized carbons (Fsp3) is 0.533. The largest absolute Gasteiger partial charge is 0.493 e. The van der Waals surface area contributed by atoms with Crippen molar-refractivity contribution in [1.29, 1.82) is 0 Å². The zero-order chi connectivity index (χ0) is 24.5. The van der Waals surface area contributed by atoms with Crippen LogP contribution in [0.5, 0.6) is 11.5 Å². The van der Waals surface area contributed by atoms with Crippen molar-refractivity contribution in [3.05, 3.63) is 45.3 Å². The lowest BCUT2D eigenvalue weighted by Gasteiger charge is -2.18. The van der Waals surface area contributed by atoms with E-state index in [0.717, 1.165) is 57.3 Å². The topological polar surface area (TPSA) is 18.5 Å². The van der Waals surface area contributed by atoms with Crippen LogP contribution in [0.25, 0.3) is 21.5 Å². The van der Waals surface area contributed by atoms with E-state index in [1.54, 1.807) is 0 Å². The fourth-order valence-electron chi connectivity index (χ4n) is 4.49. The van der Waals surface area contributed by atoms with Crippen LogP contribution in [0.1, 0.15) is 79.1 Å². The summed E-state index contributed by atoms with van der Waals surface area (Å²) < 4.78 is 14.7. The average molecular weight is 592 g/mol. The second-order valence-corrected chi connectivity index (χ2v) is 11.1. The molecule has 0 heterocycles. The van der Waals surface area contributed by atoms with Gasteiger partial charge < -0.3 is 9.47 Å². The van der Waals surface area contributed by atoms with Gasteiger partial charge in [0.1, 0.15) is 11.5 Å². The smallest absolute Gasteiger partial charge is 0.119 e. The van der Waals surface area contributed by atoms with Crippen molar-refractivity contribution in [2.75, 3.05) is 13.2 Å². The number of benzene rings is 3. The van der Waals surface area contributed by atoms with E-state index >= 15 is 0 Å². The van der Waals surface area contributed by atoms with Crippen LogP contribution < -0.4 is 9.47 Å². The Morgan fingerprint density at radius 1 is 0.618 bits per heavy atom. The van der Waals surface area contributed by atoms with Crippen molar-refractivity contribution in [1.82, 2.24) is 0 Å². The highest BCUT2D eigenvalue weighted by atomic mass is 79.9. The van der Waals surface area contributed by atoms with Gasteiger partial charge in [-0.05, 0) is 104 Å². The quantitative estimate of drug-likeness (QED) is 0.173. The van der Waals surface area contributed by atoms with Crippen LogP contribution in [-0.4, -0.2) is 13.2 Å². The third-order valence-electron chi connectivity index (χ3n) is 6.99. The molecule has 2 atom stereocenters. The minimum atomic E-state index is 0.620. The Balaban J connectivity index is 1.82. The van der Waals surface area contributed by atoms with Crippen LogP contribution in [0, 0.1) is 11.8 Å². The molecule has 0 N–H and O–H groups in total. The van der Waals surface area contributed by atoms with Crippen molar-refractivity contribution in [3.8, 4) is 11.5 Å². The predicted octanol–water partition coefficient (Wildman–Crippen LogP) is 10.7. The second-order valence-electron chi connectivity index (χ2n) is 9.50. The van der Waals surface area contributed by atoms with E-state index in [1.165, 1.54) is 49.3 Å². The highest BCUT2D eigenvalue weighted by Gasteiger charge is 2.14. The molecule has 4 heteroatoms. The first-order valence-corrected chi connectivity index (χ1v) is 14.7. The lowest BCUT2D eigenvalue weighted by molar-refractivity contribution is 0.233. The van der Waals surface area contributed by atoms with Crippen molar-refractivity contribution in [2.45, 2.75) is 79.1 Å². The van der Waals surface area contributed by atoms with Crippen LogP contribution in [0.4, 0.5) is 0 Å². The maximum atomic E-state index is 6.23. The molecule has 0 saturated heterocycles. The standard InChI is InChI=1S/C30H40Br2O2/c1-5-9-11-21(7-3)19-33-23-13-15-25-27(17-23)29(31)26-16-14-24(18-28(26)30(25)32)34-20-22(8-4)12-10-6-2/h13-18,21-22H,5-12,19-20H2,1-4H3. The molecule has 0 fully saturated rings. The molecule has 0 spiro atoms.